The van der Waals surface area contributed by atoms with Crippen molar-refractivity contribution in [3.05, 3.63) is 47.2 Å². The number of nitrogens with zero attached hydrogens (tertiary/aromatic N) is 3. The molecule has 0 fully saturated rings. The van der Waals surface area contributed by atoms with E-state index in [1.807, 2.05) is 33.9 Å². The van der Waals surface area contributed by atoms with E-state index in [0.29, 0.717) is 0 Å². The first kappa shape index (κ1) is 15.3. The fraction of sp³-hybridized carbons (Fsp3) is 0.353. The summed E-state index contributed by atoms with van der Waals surface area (Å²) in [5.74, 6) is 0.656. The lowest BCUT2D eigenvalue weighted by molar-refractivity contribution is -0.121. The van der Waals surface area contributed by atoms with E-state index in [2.05, 4.69) is 21.6 Å². The van der Waals surface area contributed by atoms with Crippen molar-refractivity contribution in [2.75, 3.05) is 0 Å². The Balaban J connectivity index is 1.76. The molecule has 0 aliphatic rings. The first-order chi connectivity index (χ1) is 11.0. The van der Waals surface area contributed by atoms with Crippen LogP contribution in [-0.2, 0) is 18.3 Å². The average molecular weight is 312 g/mol. The van der Waals surface area contributed by atoms with E-state index in [0.717, 1.165) is 27.9 Å². The van der Waals surface area contributed by atoms with E-state index in [1.54, 1.807) is 17.2 Å². The molecule has 0 saturated carbocycles. The molecule has 0 saturated heterocycles. The second kappa shape index (κ2) is 5.87. The van der Waals surface area contributed by atoms with Crippen LogP contribution in [0.5, 0.6) is 0 Å². The standard InChI is InChI=1S/C17H20N4O2/c1-10-5-6-14-13(8-23-16(14)11(10)2)7-15(22)19-12(3)17-20-18-9-21(17)4/h5-6,8-9,12H,7H2,1-4H3,(H,19,22). The van der Waals surface area contributed by atoms with Crippen molar-refractivity contribution in [2.45, 2.75) is 33.2 Å². The van der Waals surface area contributed by atoms with Crippen molar-refractivity contribution < 1.29 is 9.21 Å². The number of carbonyl (C=O) groups excluding carboxylic acids is 1. The monoisotopic (exact) mass is 312 g/mol. The molecule has 0 radical (unpaired) electrons. The van der Waals surface area contributed by atoms with Crippen LogP contribution in [0.25, 0.3) is 11.0 Å². The number of furan rings is 1. The van der Waals surface area contributed by atoms with Crippen molar-refractivity contribution >= 4 is 16.9 Å². The Morgan fingerprint density at radius 3 is 2.87 bits per heavy atom. The molecule has 3 aromatic rings. The zero-order chi connectivity index (χ0) is 16.6. The largest absolute Gasteiger partial charge is 0.464 e. The van der Waals surface area contributed by atoms with Gasteiger partial charge in [0.15, 0.2) is 5.82 Å². The summed E-state index contributed by atoms with van der Waals surface area (Å²) in [4.78, 5) is 12.3. The van der Waals surface area contributed by atoms with Gasteiger partial charge in [0.05, 0.1) is 18.7 Å². The van der Waals surface area contributed by atoms with E-state index >= 15 is 0 Å². The molecule has 3 rings (SSSR count). The van der Waals surface area contributed by atoms with E-state index in [9.17, 15) is 4.79 Å². The van der Waals surface area contributed by atoms with Gasteiger partial charge in [-0.05, 0) is 31.9 Å². The number of fused-ring (bicyclic) bond motifs is 1. The highest BCUT2D eigenvalue weighted by molar-refractivity contribution is 5.89. The molecule has 120 valence electrons. The number of hydrogen-bond donors (Lipinski definition) is 1. The van der Waals surface area contributed by atoms with Crippen LogP contribution in [0, 0.1) is 13.8 Å². The third-order valence-electron chi connectivity index (χ3n) is 4.20. The molecule has 2 heterocycles. The van der Waals surface area contributed by atoms with Gasteiger partial charge in [-0.25, -0.2) is 0 Å². The molecule has 1 aromatic carbocycles. The number of benzene rings is 1. The molecular formula is C17H20N4O2. The van der Waals surface area contributed by atoms with E-state index in [1.165, 1.54) is 5.56 Å². The predicted octanol–water partition coefficient (Wildman–Crippen LogP) is 2.60. The molecule has 1 N–H and O–H groups in total. The maximum Gasteiger partial charge on any atom is 0.225 e. The van der Waals surface area contributed by atoms with Crippen molar-refractivity contribution in [1.29, 1.82) is 0 Å². The maximum absolute atomic E-state index is 12.3. The molecule has 1 amide bonds. The summed E-state index contributed by atoms with van der Waals surface area (Å²) >= 11 is 0. The van der Waals surface area contributed by atoms with Gasteiger partial charge in [-0.2, -0.15) is 0 Å². The predicted molar refractivity (Wildman–Crippen MR) is 87.0 cm³/mol. The van der Waals surface area contributed by atoms with Crippen molar-refractivity contribution in [3.63, 3.8) is 0 Å². The first-order valence-electron chi connectivity index (χ1n) is 7.57. The minimum Gasteiger partial charge on any atom is -0.464 e. The highest BCUT2D eigenvalue weighted by Crippen LogP contribution is 2.26. The second-order valence-electron chi connectivity index (χ2n) is 5.91. The normalized spacial score (nSPS) is 12.5. The van der Waals surface area contributed by atoms with Crippen LogP contribution in [-0.4, -0.2) is 20.7 Å². The van der Waals surface area contributed by atoms with Gasteiger partial charge in [0.2, 0.25) is 5.91 Å². The second-order valence-corrected chi connectivity index (χ2v) is 5.91. The molecule has 1 atom stereocenters. The minimum absolute atomic E-state index is 0.0681. The van der Waals surface area contributed by atoms with Crippen LogP contribution in [0.4, 0.5) is 0 Å². The zero-order valence-electron chi connectivity index (χ0n) is 13.8. The summed E-state index contributed by atoms with van der Waals surface area (Å²) in [6, 6.07) is 3.87. The van der Waals surface area contributed by atoms with Gasteiger partial charge in [0.1, 0.15) is 11.9 Å². The summed E-state index contributed by atoms with van der Waals surface area (Å²) in [5.41, 5.74) is 4.04. The lowest BCUT2D eigenvalue weighted by Gasteiger charge is -2.12. The molecule has 6 heteroatoms. The number of rotatable bonds is 4. The van der Waals surface area contributed by atoms with Crippen LogP contribution < -0.4 is 5.32 Å². The minimum atomic E-state index is -0.197. The van der Waals surface area contributed by atoms with Gasteiger partial charge < -0.3 is 14.3 Å². The van der Waals surface area contributed by atoms with Crippen LogP contribution in [0.2, 0.25) is 0 Å². The molecule has 0 spiro atoms. The number of nitrogens with one attached hydrogen (secondary N) is 1. The van der Waals surface area contributed by atoms with Gasteiger partial charge in [-0.15, -0.1) is 10.2 Å². The maximum atomic E-state index is 12.3. The number of hydrogen-bond acceptors (Lipinski definition) is 4. The van der Waals surface area contributed by atoms with Gasteiger partial charge in [-0.3, -0.25) is 4.79 Å². The van der Waals surface area contributed by atoms with Crippen molar-refractivity contribution in [1.82, 2.24) is 20.1 Å². The molecule has 23 heavy (non-hydrogen) atoms. The van der Waals surface area contributed by atoms with Crippen LogP contribution >= 0.6 is 0 Å². The number of carbonyl (C=O) groups is 1. The van der Waals surface area contributed by atoms with E-state index in [-0.39, 0.29) is 18.4 Å². The fourth-order valence-corrected chi connectivity index (χ4v) is 2.74. The summed E-state index contributed by atoms with van der Waals surface area (Å²) < 4.78 is 7.45. The fourth-order valence-electron chi connectivity index (χ4n) is 2.74. The highest BCUT2D eigenvalue weighted by atomic mass is 16.3. The van der Waals surface area contributed by atoms with Crippen molar-refractivity contribution in [3.8, 4) is 0 Å². The third-order valence-corrected chi connectivity index (χ3v) is 4.20. The summed E-state index contributed by atoms with van der Waals surface area (Å²) in [6.45, 7) is 5.97. The van der Waals surface area contributed by atoms with Crippen LogP contribution in [0.3, 0.4) is 0 Å². The SMILES string of the molecule is Cc1ccc2c(CC(=O)NC(C)c3nncn3C)coc2c1C. The van der Waals surface area contributed by atoms with Crippen LogP contribution in [0.15, 0.2) is 29.1 Å². The third kappa shape index (κ3) is 2.84. The van der Waals surface area contributed by atoms with Crippen LogP contribution in [0.1, 0.15) is 35.5 Å². The molecule has 6 nitrogen and oxygen atoms in total. The molecule has 1 unspecified atom stereocenters. The zero-order valence-corrected chi connectivity index (χ0v) is 13.8. The molecule has 0 bridgehead atoms. The number of aryl methyl sites for hydroxylation is 3. The van der Waals surface area contributed by atoms with E-state index in [4.69, 9.17) is 4.42 Å². The quantitative estimate of drug-likeness (QED) is 0.803. The Morgan fingerprint density at radius 2 is 2.17 bits per heavy atom. The summed E-state index contributed by atoms with van der Waals surface area (Å²) in [5, 5.41) is 11.8. The Hall–Kier alpha value is -2.63. The molecule has 0 aliphatic carbocycles. The molecule has 0 aliphatic heterocycles. The van der Waals surface area contributed by atoms with Gasteiger partial charge in [-0.1, -0.05) is 12.1 Å². The smallest absolute Gasteiger partial charge is 0.225 e. The lowest BCUT2D eigenvalue weighted by Crippen LogP contribution is -2.29. The Kier molecular flexibility index (Phi) is 3.90. The van der Waals surface area contributed by atoms with Gasteiger partial charge >= 0.3 is 0 Å². The topological polar surface area (TPSA) is 73.0 Å². The van der Waals surface area contributed by atoms with Crippen molar-refractivity contribution in [2.24, 2.45) is 7.05 Å². The average Bonchev–Trinajstić information content (AvgIpc) is 3.10. The Bertz CT molecular complexity index is 863. The number of amides is 1. The van der Waals surface area contributed by atoms with E-state index < -0.39 is 0 Å². The van der Waals surface area contributed by atoms with Gasteiger partial charge in [0, 0.05) is 18.0 Å². The lowest BCUT2D eigenvalue weighted by atomic mass is 10.0. The number of aromatic nitrogens is 3. The van der Waals surface area contributed by atoms with Gasteiger partial charge in [0.25, 0.3) is 0 Å². The summed E-state index contributed by atoms with van der Waals surface area (Å²) in [7, 11) is 1.85. The molecular weight excluding hydrogens is 292 g/mol. The molecule has 2 aromatic heterocycles. The Morgan fingerprint density at radius 1 is 1.39 bits per heavy atom. The first-order valence-corrected chi connectivity index (χ1v) is 7.57. The Labute approximate surface area is 134 Å². The highest BCUT2D eigenvalue weighted by Gasteiger charge is 2.17. The summed E-state index contributed by atoms with van der Waals surface area (Å²) in [6.07, 6.45) is 3.56.